The lowest BCUT2D eigenvalue weighted by Gasteiger charge is -2.21. The monoisotopic (exact) mass is 349 g/mol. The Balaban J connectivity index is 2.02. The van der Waals surface area contributed by atoms with Crippen LogP contribution in [0.25, 0.3) is 0 Å². The molecular formula is C17H20BrNS. The zero-order valence-electron chi connectivity index (χ0n) is 12.1. The predicted octanol–water partition coefficient (Wildman–Crippen LogP) is 5.58. The number of rotatable bonds is 5. The molecule has 2 aromatic carbocycles. The topological polar surface area (TPSA) is 12.0 Å². The molecule has 1 N–H and O–H groups in total. The van der Waals surface area contributed by atoms with Crippen molar-refractivity contribution in [3.05, 3.63) is 64.1 Å². The molecule has 0 saturated carbocycles. The number of hydrogen-bond donors (Lipinski definition) is 1. The number of halogens is 1. The van der Waals surface area contributed by atoms with Crippen LogP contribution in [-0.2, 0) is 0 Å². The molecule has 0 bridgehead atoms. The largest absolute Gasteiger partial charge is 0.304 e. The minimum Gasteiger partial charge on any atom is -0.304 e. The van der Waals surface area contributed by atoms with Crippen LogP contribution in [0.15, 0.2) is 57.9 Å². The molecule has 1 nitrogen and oxygen atoms in total. The highest BCUT2D eigenvalue weighted by Crippen LogP contribution is 2.23. The highest BCUT2D eigenvalue weighted by molar-refractivity contribution is 9.10. The molecule has 106 valence electrons. The molecule has 0 aliphatic carbocycles. The molecule has 0 heterocycles. The van der Waals surface area contributed by atoms with E-state index in [1.54, 1.807) is 11.8 Å². The molecule has 0 aliphatic heterocycles. The third-order valence-electron chi connectivity index (χ3n) is 3.49. The van der Waals surface area contributed by atoms with Crippen LogP contribution < -0.4 is 5.32 Å². The van der Waals surface area contributed by atoms with Gasteiger partial charge in [-0.25, -0.2) is 0 Å². The van der Waals surface area contributed by atoms with Crippen LogP contribution in [0.3, 0.4) is 0 Å². The Morgan fingerprint density at radius 3 is 1.75 bits per heavy atom. The van der Waals surface area contributed by atoms with E-state index in [-0.39, 0.29) is 0 Å². The molecular weight excluding hydrogens is 330 g/mol. The Kier molecular flexibility index (Phi) is 5.70. The van der Waals surface area contributed by atoms with Gasteiger partial charge in [-0.05, 0) is 55.5 Å². The molecule has 0 fully saturated rings. The minimum absolute atomic E-state index is 0.332. The van der Waals surface area contributed by atoms with Gasteiger partial charge >= 0.3 is 0 Å². The van der Waals surface area contributed by atoms with Gasteiger partial charge in [0.25, 0.3) is 0 Å². The molecule has 2 atom stereocenters. The first kappa shape index (κ1) is 15.6. The number of thioether (sulfide) groups is 1. The summed E-state index contributed by atoms with van der Waals surface area (Å²) < 4.78 is 1.12. The first-order valence-electron chi connectivity index (χ1n) is 6.75. The van der Waals surface area contributed by atoms with Crippen molar-refractivity contribution in [2.45, 2.75) is 30.8 Å². The van der Waals surface area contributed by atoms with Crippen LogP contribution in [0.2, 0.25) is 0 Å². The molecule has 2 rings (SSSR count). The minimum atomic E-state index is 0.332. The fraction of sp³-hybridized carbons (Fsp3) is 0.294. The average molecular weight is 350 g/mol. The Morgan fingerprint density at radius 2 is 1.30 bits per heavy atom. The molecule has 0 spiro atoms. The van der Waals surface area contributed by atoms with Gasteiger partial charge in [-0.2, -0.15) is 0 Å². The van der Waals surface area contributed by atoms with Crippen LogP contribution in [0.4, 0.5) is 0 Å². The van der Waals surface area contributed by atoms with Gasteiger partial charge in [0.1, 0.15) is 0 Å². The van der Waals surface area contributed by atoms with Crippen LogP contribution in [0, 0.1) is 0 Å². The Labute approximate surface area is 134 Å². The second-order valence-corrected chi connectivity index (χ2v) is 6.73. The molecule has 0 amide bonds. The standard InChI is InChI=1S/C17H20BrNS/c1-12(14-4-8-16(18)9-5-14)19-13(2)15-6-10-17(20-3)11-7-15/h4-13,19H,1-3H3/t12-,13?/m0/s1. The van der Waals surface area contributed by atoms with Crippen molar-refractivity contribution in [3.8, 4) is 0 Å². The lowest BCUT2D eigenvalue weighted by Crippen LogP contribution is -2.22. The maximum Gasteiger partial charge on any atom is 0.0297 e. The molecule has 2 aromatic rings. The SMILES string of the molecule is CSc1ccc(C(C)N[C@@H](C)c2ccc(Br)cc2)cc1. The third-order valence-corrected chi connectivity index (χ3v) is 4.76. The van der Waals surface area contributed by atoms with Crippen molar-refractivity contribution < 1.29 is 0 Å². The number of nitrogens with one attached hydrogen (secondary N) is 1. The van der Waals surface area contributed by atoms with Crippen LogP contribution in [0.5, 0.6) is 0 Å². The molecule has 20 heavy (non-hydrogen) atoms. The zero-order chi connectivity index (χ0) is 14.5. The highest BCUT2D eigenvalue weighted by atomic mass is 79.9. The lowest BCUT2D eigenvalue weighted by molar-refractivity contribution is 0.494. The van der Waals surface area contributed by atoms with Crippen molar-refractivity contribution in [1.29, 1.82) is 0 Å². The summed E-state index contributed by atoms with van der Waals surface area (Å²) in [7, 11) is 0. The van der Waals surface area contributed by atoms with Gasteiger partial charge in [-0.15, -0.1) is 11.8 Å². The van der Waals surface area contributed by atoms with E-state index >= 15 is 0 Å². The fourth-order valence-corrected chi connectivity index (χ4v) is 2.88. The number of benzene rings is 2. The van der Waals surface area contributed by atoms with E-state index in [4.69, 9.17) is 0 Å². The van der Waals surface area contributed by atoms with Crippen molar-refractivity contribution in [1.82, 2.24) is 5.32 Å². The molecule has 3 heteroatoms. The van der Waals surface area contributed by atoms with Gasteiger partial charge in [-0.1, -0.05) is 40.2 Å². The summed E-state index contributed by atoms with van der Waals surface area (Å²) in [6.07, 6.45) is 2.10. The Bertz CT molecular complexity index is 536. The zero-order valence-corrected chi connectivity index (χ0v) is 14.5. The van der Waals surface area contributed by atoms with Crippen molar-refractivity contribution in [2.75, 3.05) is 6.26 Å². The summed E-state index contributed by atoms with van der Waals surface area (Å²) in [5, 5.41) is 3.65. The van der Waals surface area contributed by atoms with Gasteiger partial charge in [0.05, 0.1) is 0 Å². The van der Waals surface area contributed by atoms with Crippen molar-refractivity contribution in [2.24, 2.45) is 0 Å². The van der Waals surface area contributed by atoms with Gasteiger partial charge in [0.2, 0.25) is 0 Å². The van der Waals surface area contributed by atoms with E-state index in [1.807, 2.05) is 0 Å². The van der Waals surface area contributed by atoms with E-state index < -0.39 is 0 Å². The number of hydrogen-bond acceptors (Lipinski definition) is 2. The van der Waals surface area contributed by atoms with Gasteiger partial charge < -0.3 is 5.32 Å². The summed E-state index contributed by atoms with van der Waals surface area (Å²) in [4.78, 5) is 1.31. The summed E-state index contributed by atoms with van der Waals surface area (Å²) in [5.41, 5.74) is 2.63. The van der Waals surface area contributed by atoms with E-state index in [0.29, 0.717) is 12.1 Å². The van der Waals surface area contributed by atoms with Gasteiger partial charge in [0.15, 0.2) is 0 Å². The third kappa shape index (κ3) is 4.11. The second-order valence-electron chi connectivity index (χ2n) is 4.93. The summed E-state index contributed by atoms with van der Waals surface area (Å²) >= 11 is 5.25. The first-order chi connectivity index (χ1) is 9.60. The van der Waals surface area contributed by atoms with Crippen molar-refractivity contribution >= 4 is 27.7 Å². The molecule has 0 aliphatic rings. The van der Waals surface area contributed by atoms with Gasteiger partial charge in [-0.3, -0.25) is 0 Å². The van der Waals surface area contributed by atoms with Crippen molar-refractivity contribution in [3.63, 3.8) is 0 Å². The normalized spacial score (nSPS) is 14.0. The lowest BCUT2D eigenvalue weighted by atomic mass is 10.0. The Hall–Kier alpha value is -0.770. The van der Waals surface area contributed by atoms with E-state index in [9.17, 15) is 0 Å². The summed E-state index contributed by atoms with van der Waals surface area (Å²) in [6.45, 7) is 4.42. The quantitative estimate of drug-likeness (QED) is 0.706. The molecule has 0 aromatic heterocycles. The smallest absolute Gasteiger partial charge is 0.0297 e. The fourth-order valence-electron chi connectivity index (χ4n) is 2.21. The Morgan fingerprint density at radius 1 is 0.850 bits per heavy atom. The first-order valence-corrected chi connectivity index (χ1v) is 8.77. The molecule has 0 radical (unpaired) electrons. The predicted molar refractivity (Wildman–Crippen MR) is 92.3 cm³/mol. The summed E-state index contributed by atoms with van der Waals surface area (Å²) in [5.74, 6) is 0. The van der Waals surface area contributed by atoms with E-state index in [1.165, 1.54) is 16.0 Å². The maximum atomic E-state index is 3.65. The van der Waals surface area contributed by atoms with E-state index in [2.05, 4.69) is 89.9 Å². The summed E-state index contributed by atoms with van der Waals surface area (Å²) in [6, 6.07) is 17.9. The second kappa shape index (κ2) is 7.30. The molecule has 0 saturated heterocycles. The van der Waals surface area contributed by atoms with E-state index in [0.717, 1.165) is 4.47 Å². The average Bonchev–Trinajstić information content (AvgIpc) is 2.48. The van der Waals surface area contributed by atoms with Crippen LogP contribution >= 0.6 is 27.7 Å². The maximum absolute atomic E-state index is 3.65. The van der Waals surface area contributed by atoms with Crippen LogP contribution in [-0.4, -0.2) is 6.26 Å². The van der Waals surface area contributed by atoms with Gasteiger partial charge in [0, 0.05) is 21.5 Å². The van der Waals surface area contributed by atoms with Crippen LogP contribution in [0.1, 0.15) is 37.1 Å². The molecule has 1 unspecified atom stereocenters. The highest BCUT2D eigenvalue weighted by Gasteiger charge is 2.11.